The highest BCUT2D eigenvalue weighted by molar-refractivity contribution is 7.88. The molecule has 5 nitrogen and oxygen atoms in total. The lowest BCUT2D eigenvalue weighted by molar-refractivity contribution is 0.380. The van der Waals surface area contributed by atoms with E-state index in [1.165, 1.54) is 29.8 Å². The van der Waals surface area contributed by atoms with Crippen LogP contribution in [0.15, 0.2) is 18.2 Å². The normalized spacial score (nSPS) is 17.5. The first kappa shape index (κ1) is 14.1. The number of methoxy groups -OCH3 is 1. The van der Waals surface area contributed by atoms with Crippen molar-refractivity contribution in [2.75, 3.05) is 44.4 Å². The zero-order valence-corrected chi connectivity index (χ0v) is 11.8. The summed E-state index contributed by atoms with van der Waals surface area (Å²) in [7, 11) is -1.65. The smallest absolute Gasteiger partial charge is 0.211 e. The minimum Gasteiger partial charge on any atom is -0.494 e. The molecule has 1 aliphatic heterocycles. The molecule has 0 bridgehead atoms. The molecule has 7 heteroatoms. The molecule has 1 aromatic rings. The highest BCUT2D eigenvalue weighted by atomic mass is 32.2. The Hall–Kier alpha value is -1.34. The van der Waals surface area contributed by atoms with Gasteiger partial charge in [-0.3, -0.25) is 0 Å². The number of rotatable bonds is 3. The Labute approximate surface area is 112 Å². The molecule has 0 aliphatic carbocycles. The Morgan fingerprint density at radius 2 is 1.84 bits per heavy atom. The number of hydrogen-bond donors (Lipinski definition) is 0. The summed E-state index contributed by atoms with van der Waals surface area (Å²) in [5.74, 6) is 0.114. The van der Waals surface area contributed by atoms with Crippen molar-refractivity contribution >= 4 is 15.7 Å². The molecule has 0 radical (unpaired) electrons. The van der Waals surface area contributed by atoms with Crippen LogP contribution in [0.4, 0.5) is 10.1 Å². The average molecular weight is 288 g/mol. The second kappa shape index (κ2) is 5.34. The van der Waals surface area contributed by atoms with Crippen molar-refractivity contribution in [3.63, 3.8) is 0 Å². The van der Waals surface area contributed by atoms with Gasteiger partial charge in [-0.15, -0.1) is 0 Å². The van der Waals surface area contributed by atoms with Crippen LogP contribution in [0.25, 0.3) is 0 Å². The third kappa shape index (κ3) is 3.16. The fraction of sp³-hybridized carbons (Fsp3) is 0.500. The molecule has 0 amide bonds. The third-order valence-corrected chi connectivity index (χ3v) is 4.49. The Morgan fingerprint density at radius 1 is 1.21 bits per heavy atom. The van der Waals surface area contributed by atoms with Gasteiger partial charge in [-0.25, -0.2) is 12.8 Å². The summed E-state index contributed by atoms with van der Waals surface area (Å²) >= 11 is 0. The van der Waals surface area contributed by atoms with Crippen LogP contribution in [0.2, 0.25) is 0 Å². The first-order chi connectivity index (χ1) is 8.91. The topological polar surface area (TPSA) is 49.9 Å². The molecule has 106 valence electrons. The fourth-order valence-corrected chi connectivity index (χ4v) is 3.00. The monoisotopic (exact) mass is 288 g/mol. The summed E-state index contributed by atoms with van der Waals surface area (Å²) in [6.45, 7) is 1.99. The minimum atomic E-state index is -3.14. The Morgan fingerprint density at radius 3 is 2.37 bits per heavy atom. The van der Waals surface area contributed by atoms with E-state index in [1.54, 1.807) is 6.07 Å². The van der Waals surface area contributed by atoms with Gasteiger partial charge in [-0.2, -0.15) is 4.31 Å². The summed E-state index contributed by atoms with van der Waals surface area (Å²) in [6, 6.07) is 4.36. The molecule has 2 rings (SSSR count). The summed E-state index contributed by atoms with van der Waals surface area (Å²) in [6.07, 6.45) is 1.21. The second-order valence-electron chi connectivity index (χ2n) is 4.47. The lowest BCUT2D eigenvalue weighted by atomic mass is 10.2. The first-order valence-electron chi connectivity index (χ1n) is 5.95. The molecule has 0 saturated carbocycles. The lowest BCUT2D eigenvalue weighted by Crippen LogP contribution is -2.48. The Balaban J connectivity index is 2.14. The van der Waals surface area contributed by atoms with Crippen LogP contribution in [-0.2, 0) is 10.0 Å². The number of sulfonamides is 1. The van der Waals surface area contributed by atoms with Crippen molar-refractivity contribution in [2.24, 2.45) is 0 Å². The summed E-state index contributed by atoms with van der Waals surface area (Å²) in [5.41, 5.74) is 0.789. The minimum absolute atomic E-state index is 0.352. The molecule has 19 heavy (non-hydrogen) atoms. The van der Waals surface area contributed by atoms with Gasteiger partial charge < -0.3 is 9.64 Å². The van der Waals surface area contributed by atoms with E-state index in [1.807, 2.05) is 4.90 Å². The highest BCUT2D eigenvalue weighted by Gasteiger charge is 2.24. The number of benzene rings is 1. The van der Waals surface area contributed by atoms with Crippen LogP contribution >= 0.6 is 0 Å². The van der Waals surface area contributed by atoms with Gasteiger partial charge in [-0.05, 0) is 12.1 Å². The van der Waals surface area contributed by atoms with E-state index in [4.69, 9.17) is 4.74 Å². The van der Waals surface area contributed by atoms with Crippen LogP contribution < -0.4 is 9.64 Å². The molecule has 0 spiro atoms. The van der Waals surface area contributed by atoms with Crippen molar-refractivity contribution in [3.05, 3.63) is 24.0 Å². The maximum atomic E-state index is 13.1. The Kier molecular flexibility index (Phi) is 3.96. The maximum Gasteiger partial charge on any atom is 0.211 e. The van der Waals surface area contributed by atoms with Crippen LogP contribution in [-0.4, -0.2) is 52.3 Å². The zero-order chi connectivity index (χ0) is 14.0. The number of hydrogen-bond acceptors (Lipinski definition) is 4. The molecule has 0 aromatic heterocycles. The van der Waals surface area contributed by atoms with Gasteiger partial charge in [0.05, 0.1) is 19.1 Å². The molecule has 1 saturated heterocycles. The van der Waals surface area contributed by atoms with E-state index in [9.17, 15) is 12.8 Å². The molecule has 1 heterocycles. The van der Waals surface area contributed by atoms with Crippen molar-refractivity contribution in [1.29, 1.82) is 0 Å². The van der Waals surface area contributed by atoms with Crippen molar-refractivity contribution in [3.8, 4) is 5.75 Å². The summed E-state index contributed by atoms with van der Waals surface area (Å²) in [4.78, 5) is 2.00. The fourth-order valence-electron chi connectivity index (χ4n) is 2.17. The van der Waals surface area contributed by atoms with Crippen LogP contribution in [0.3, 0.4) is 0 Å². The SMILES string of the molecule is COc1cc(F)ccc1N1CCN(S(C)(=O)=O)CC1. The van der Waals surface area contributed by atoms with E-state index in [0.29, 0.717) is 31.9 Å². The maximum absolute atomic E-state index is 13.1. The summed E-state index contributed by atoms with van der Waals surface area (Å²) < 4.78 is 42.6. The molecular formula is C12H17FN2O3S. The standard InChI is InChI=1S/C12H17FN2O3S/c1-18-12-9-10(13)3-4-11(12)14-5-7-15(8-6-14)19(2,16)17/h3-4,9H,5-8H2,1-2H3. The largest absolute Gasteiger partial charge is 0.494 e. The van der Waals surface area contributed by atoms with E-state index in [0.717, 1.165) is 5.69 Å². The number of halogens is 1. The van der Waals surface area contributed by atoms with Gasteiger partial charge in [0.25, 0.3) is 0 Å². The van der Waals surface area contributed by atoms with E-state index < -0.39 is 10.0 Å². The molecule has 1 fully saturated rings. The van der Waals surface area contributed by atoms with Crippen molar-refractivity contribution in [2.45, 2.75) is 0 Å². The zero-order valence-electron chi connectivity index (χ0n) is 11.0. The van der Waals surface area contributed by atoms with Crippen molar-refractivity contribution in [1.82, 2.24) is 4.31 Å². The number of anilines is 1. The van der Waals surface area contributed by atoms with Gasteiger partial charge in [0.2, 0.25) is 10.0 Å². The number of piperazine rings is 1. The third-order valence-electron chi connectivity index (χ3n) is 3.19. The number of ether oxygens (including phenoxy) is 1. The van der Waals surface area contributed by atoms with Crippen LogP contribution in [0.5, 0.6) is 5.75 Å². The predicted octanol–water partition coefficient (Wildman–Crippen LogP) is 0.916. The molecule has 1 aliphatic rings. The van der Waals surface area contributed by atoms with Gasteiger partial charge in [0, 0.05) is 32.2 Å². The van der Waals surface area contributed by atoms with E-state index in [2.05, 4.69) is 0 Å². The van der Waals surface area contributed by atoms with Crippen LogP contribution in [0.1, 0.15) is 0 Å². The van der Waals surface area contributed by atoms with Gasteiger partial charge >= 0.3 is 0 Å². The summed E-state index contributed by atoms with van der Waals surface area (Å²) in [5, 5.41) is 0. The quantitative estimate of drug-likeness (QED) is 0.830. The average Bonchev–Trinajstić information content (AvgIpc) is 2.37. The molecule has 0 atom stereocenters. The molecule has 1 aromatic carbocycles. The first-order valence-corrected chi connectivity index (χ1v) is 7.80. The highest BCUT2D eigenvalue weighted by Crippen LogP contribution is 2.29. The lowest BCUT2D eigenvalue weighted by Gasteiger charge is -2.35. The van der Waals surface area contributed by atoms with Crippen LogP contribution in [0, 0.1) is 5.82 Å². The van der Waals surface area contributed by atoms with Gasteiger partial charge in [-0.1, -0.05) is 0 Å². The second-order valence-corrected chi connectivity index (χ2v) is 6.45. The molecule has 0 N–H and O–H groups in total. The van der Waals surface area contributed by atoms with E-state index >= 15 is 0 Å². The Bertz CT molecular complexity index is 554. The van der Waals surface area contributed by atoms with Crippen molar-refractivity contribution < 1.29 is 17.5 Å². The van der Waals surface area contributed by atoms with Gasteiger partial charge in [0.15, 0.2) is 0 Å². The molecule has 0 unspecified atom stereocenters. The predicted molar refractivity (Wildman–Crippen MR) is 71.6 cm³/mol. The van der Waals surface area contributed by atoms with Gasteiger partial charge in [0.1, 0.15) is 11.6 Å². The number of nitrogens with zero attached hydrogens (tertiary/aromatic N) is 2. The van der Waals surface area contributed by atoms with E-state index in [-0.39, 0.29) is 5.82 Å². The molecular weight excluding hydrogens is 271 g/mol.